The average molecular weight is 220 g/mol. The SMILES string of the molecule is CN1CCOC2(CC2)C1.Cc1ccccn1. The molecule has 2 heterocycles. The van der Waals surface area contributed by atoms with Gasteiger partial charge in [-0.2, -0.15) is 0 Å². The van der Waals surface area contributed by atoms with E-state index in [0.29, 0.717) is 5.60 Å². The third kappa shape index (κ3) is 3.29. The van der Waals surface area contributed by atoms with Gasteiger partial charge in [-0.05, 0) is 38.9 Å². The minimum absolute atomic E-state index is 0.326. The summed E-state index contributed by atoms with van der Waals surface area (Å²) in [5.74, 6) is 0. The molecule has 2 aliphatic rings. The van der Waals surface area contributed by atoms with Gasteiger partial charge >= 0.3 is 0 Å². The lowest BCUT2D eigenvalue weighted by Crippen LogP contribution is -2.41. The maximum absolute atomic E-state index is 5.61. The van der Waals surface area contributed by atoms with Crippen molar-refractivity contribution in [1.82, 2.24) is 9.88 Å². The first kappa shape index (κ1) is 11.6. The summed E-state index contributed by atoms with van der Waals surface area (Å²) in [6.07, 6.45) is 4.37. The van der Waals surface area contributed by atoms with E-state index in [9.17, 15) is 0 Å². The Morgan fingerprint density at radius 1 is 1.38 bits per heavy atom. The number of nitrogens with zero attached hydrogens (tertiary/aromatic N) is 2. The molecule has 0 unspecified atom stereocenters. The third-order valence-corrected chi connectivity index (χ3v) is 3.06. The molecular formula is C13H20N2O. The summed E-state index contributed by atoms with van der Waals surface area (Å²) in [5.41, 5.74) is 1.40. The van der Waals surface area contributed by atoms with E-state index in [0.717, 1.165) is 25.4 Å². The van der Waals surface area contributed by atoms with Crippen LogP contribution in [-0.2, 0) is 4.74 Å². The van der Waals surface area contributed by atoms with Crippen LogP contribution in [0.2, 0.25) is 0 Å². The number of ether oxygens (including phenoxy) is 1. The van der Waals surface area contributed by atoms with Gasteiger partial charge in [0.25, 0.3) is 0 Å². The lowest BCUT2D eigenvalue weighted by Gasteiger charge is -2.29. The third-order valence-electron chi connectivity index (χ3n) is 3.06. The molecular weight excluding hydrogens is 200 g/mol. The predicted molar refractivity (Wildman–Crippen MR) is 64.4 cm³/mol. The maximum atomic E-state index is 5.61. The second-order valence-corrected chi connectivity index (χ2v) is 4.74. The van der Waals surface area contributed by atoms with Gasteiger partial charge in [0.1, 0.15) is 0 Å². The second-order valence-electron chi connectivity index (χ2n) is 4.74. The number of hydrogen-bond acceptors (Lipinski definition) is 3. The highest BCUT2D eigenvalue weighted by molar-refractivity contribution is 5.00. The van der Waals surface area contributed by atoms with Crippen molar-refractivity contribution in [3.8, 4) is 0 Å². The molecule has 1 aromatic rings. The molecule has 0 atom stereocenters. The van der Waals surface area contributed by atoms with Crippen LogP contribution in [0, 0.1) is 6.92 Å². The average Bonchev–Trinajstić information content (AvgIpc) is 2.99. The highest BCUT2D eigenvalue weighted by Crippen LogP contribution is 2.41. The molecule has 1 saturated heterocycles. The summed E-state index contributed by atoms with van der Waals surface area (Å²) in [4.78, 5) is 6.34. The van der Waals surface area contributed by atoms with Gasteiger partial charge in [-0.25, -0.2) is 0 Å². The Balaban J connectivity index is 0.000000125. The van der Waals surface area contributed by atoms with E-state index < -0.39 is 0 Å². The number of aryl methyl sites for hydroxylation is 1. The van der Waals surface area contributed by atoms with Crippen LogP contribution in [0.5, 0.6) is 0 Å². The van der Waals surface area contributed by atoms with Crippen LogP contribution in [0.25, 0.3) is 0 Å². The number of rotatable bonds is 0. The molecule has 3 rings (SSSR count). The Labute approximate surface area is 97.4 Å². The lowest BCUT2D eigenvalue weighted by atomic mass is 10.3. The van der Waals surface area contributed by atoms with Gasteiger partial charge in [0.15, 0.2) is 0 Å². The van der Waals surface area contributed by atoms with Gasteiger partial charge in [0.05, 0.1) is 12.2 Å². The first-order valence-corrected chi connectivity index (χ1v) is 5.90. The zero-order valence-electron chi connectivity index (χ0n) is 10.1. The monoisotopic (exact) mass is 220 g/mol. The molecule has 0 amide bonds. The van der Waals surface area contributed by atoms with Crippen LogP contribution in [-0.4, -0.2) is 42.2 Å². The minimum atomic E-state index is 0.326. The van der Waals surface area contributed by atoms with E-state index in [1.165, 1.54) is 12.8 Å². The van der Waals surface area contributed by atoms with E-state index in [-0.39, 0.29) is 0 Å². The van der Waals surface area contributed by atoms with E-state index in [1.807, 2.05) is 25.1 Å². The summed E-state index contributed by atoms with van der Waals surface area (Å²) in [7, 11) is 2.17. The Hall–Kier alpha value is -0.930. The molecule has 1 aliphatic carbocycles. The zero-order chi connectivity index (χ0) is 11.4. The van der Waals surface area contributed by atoms with Crippen LogP contribution < -0.4 is 0 Å². The molecule has 0 radical (unpaired) electrons. The fourth-order valence-corrected chi connectivity index (χ4v) is 1.92. The minimum Gasteiger partial charge on any atom is -0.372 e. The Bertz CT molecular complexity index is 322. The van der Waals surface area contributed by atoms with Crippen LogP contribution in [0.15, 0.2) is 24.4 Å². The molecule has 3 heteroatoms. The van der Waals surface area contributed by atoms with Gasteiger partial charge in [-0.3, -0.25) is 4.98 Å². The molecule has 1 aromatic heterocycles. The summed E-state index contributed by atoms with van der Waals surface area (Å²) < 4.78 is 5.61. The highest BCUT2D eigenvalue weighted by atomic mass is 16.5. The van der Waals surface area contributed by atoms with Crippen molar-refractivity contribution in [3.05, 3.63) is 30.1 Å². The van der Waals surface area contributed by atoms with Crippen molar-refractivity contribution < 1.29 is 4.74 Å². The van der Waals surface area contributed by atoms with Gasteiger partial charge in [-0.15, -0.1) is 0 Å². The molecule has 0 bridgehead atoms. The number of likely N-dealkylation sites (N-methyl/N-ethyl adjacent to an activating group) is 1. The number of aromatic nitrogens is 1. The van der Waals surface area contributed by atoms with Crippen LogP contribution >= 0.6 is 0 Å². The summed E-state index contributed by atoms with van der Waals surface area (Å²) in [6, 6.07) is 5.86. The summed E-state index contributed by atoms with van der Waals surface area (Å²) in [5, 5.41) is 0. The first-order valence-electron chi connectivity index (χ1n) is 5.90. The normalized spacial score (nSPS) is 22.4. The van der Waals surface area contributed by atoms with Gasteiger partial charge in [0, 0.05) is 25.0 Å². The van der Waals surface area contributed by atoms with Crippen molar-refractivity contribution >= 4 is 0 Å². The zero-order valence-corrected chi connectivity index (χ0v) is 10.1. The van der Waals surface area contributed by atoms with Crippen molar-refractivity contribution in [3.63, 3.8) is 0 Å². The quantitative estimate of drug-likeness (QED) is 0.667. The summed E-state index contributed by atoms with van der Waals surface area (Å²) in [6.45, 7) is 5.19. The van der Waals surface area contributed by atoms with Crippen molar-refractivity contribution in [1.29, 1.82) is 0 Å². The standard InChI is InChI=1S/C7H13NO.C6H7N/c1-8-4-5-9-7(6-8)2-3-7;1-6-4-2-3-5-7-6/h2-6H2,1H3;2-5H,1H3. The second kappa shape index (κ2) is 4.93. The molecule has 3 nitrogen and oxygen atoms in total. The molecule has 1 aliphatic heterocycles. The van der Waals surface area contributed by atoms with Crippen LogP contribution in [0.4, 0.5) is 0 Å². The fourth-order valence-electron chi connectivity index (χ4n) is 1.92. The molecule has 1 saturated carbocycles. The number of pyridine rings is 1. The molecule has 1 spiro atoms. The van der Waals surface area contributed by atoms with Crippen LogP contribution in [0.1, 0.15) is 18.5 Å². The van der Waals surface area contributed by atoms with Gasteiger partial charge in [0.2, 0.25) is 0 Å². The molecule has 0 aromatic carbocycles. The largest absolute Gasteiger partial charge is 0.372 e. The predicted octanol–water partition coefficient (Wildman–Crippen LogP) is 1.87. The van der Waals surface area contributed by atoms with E-state index in [4.69, 9.17) is 4.74 Å². The van der Waals surface area contributed by atoms with E-state index in [1.54, 1.807) is 6.20 Å². The fraction of sp³-hybridized carbons (Fsp3) is 0.615. The molecule has 88 valence electrons. The number of morpholine rings is 1. The van der Waals surface area contributed by atoms with E-state index in [2.05, 4.69) is 16.9 Å². The first-order chi connectivity index (χ1) is 7.70. The molecule has 16 heavy (non-hydrogen) atoms. The number of hydrogen-bond donors (Lipinski definition) is 0. The Morgan fingerprint density at radius 2 is 2.19 bits per heavy atom. The summed E-state index contributed by atoms with van der Waals surface area (Å²) >= 11 is 0. The highest BCUT2D eigenvalue weighted by Gasteiger charge is 2.46. The lowest BCUT2D eigenvalue weighted by molar-refractivity contribution is -0.0374. The maximum Gasteiger partial charge on any atom is 0.0811 e. The Morgan fingerprint density at radius 3 is 2.56 bits per heavy atom. The van der Waals surface area contributed by atoms with Gasteiger partial charge in [-0.1, -0.05) is 6.07 Å². The smallest absolute Gasteiger partial charge is 0.0811 e. The van der Waals surface area contributed by atoms with E-state index >= 15 is 0 Å². The topological polar surface area (TPSA) is 25.4 Å². The molecule has 2 fully saturated rings. The molecule has 0 N–H and O–H groups in total. The van der Waals surface area contributed by atoms with Crippen molar-refractivity contribution in [2.75, 3.05) is 26.7 Å². The van der Waals surface area contributed by atoms with Crippen molar-refractivity contribution in [2.45, 2.75) is 25.4 Å². The Kier molecular flexibility index (Phi) is 3.56. The van der Waals surface area contributed by atoms with Gasteiger partial charge < -0.3 is 9.64 Å². The van der Waals surface area contributed by atoms with Crippen LogP contribution in [0.3, 0.4) is 0 Å². The van der Waals surface area contributed by atoms with Crippen molar-refractivity contribution in [2.24, 2.45) is 0 Å².